The summed E-state index contributed by atoms with van der Waals surface area (Å²) >= 11 is 3.42. The lowest BCUT2D eigenvalue weighted by Gasteiger charge is -2.15. The molecule has 0 radical (unpaired) electrons. The highest BCUT2D eigenvalue weighted by Gasteiger charge is 2.28. The molecule has 0 bridgehead atoms. The van der Waals surface area contributed by atoms with E-state index in [0.717, 1.165) is 23.0 Å². The number of benzene rings is 1. The van der Waals surface area contributed by atoms with Crippen LogP contribution in [0.2, 0.25) is 0 Å². The maximum atomic E-state index is 11.9. The molecule has 3 nitrogen and oxygen atoms in total. The van der Waals surface area contributed by atoms with Crippen LogP contribution in [0, 0.1) is 5.92 Å². The van der Waals surface area contributed by atoms with Crippen molar-refractivity contribution >= 4 is 21.8 Å². The highest BCUT2D eigenvalue weighted by Crippen LogP contribution is 2.15. The fraction of sp³-hybridized carbons (Fsp3) is 0.462. The predicted molar refractivity (Wildman–Crippen MR) is 71.6 cm³/mol. The molecule has 2 unspecified atom stereocenters. The lowest BCUT2D eigenvalue weighted by molar-refractivity contribution is -0.123. The molecule has 4 heteroatoms. The quantitative estimate of drug-likeness (QED) is 0.896. The minimum absolute atomic E-state index is 0.0258. The van der Waals surface area contributed by atoms with Gasteiger partial charge >= 0.3 is 0 Å². The van der Waals surface area contributed by atoms with Gasteiger partial charge in [-0.2, -0.15) is 0 Å². The van der Waals surface area contributed by atoms with E-state index in [4.69, 9.17) is 0 Å². The van der Waals surface area contributed by atoms with Crippen LogP contribution in [0.25, 0.3) is 0 Å². The zero-order chi connectivity index (χ0) is 12.3. The molecule has 1 amide bonds. The molecule has 1 aromatic rings. The van der Waals surface area contributed by atoms with Gasteiger partial charge < -0.3 is 10.6 Å². The summed E-state index contributed by atoms with van der Waals surface area (Å²) in [6.07, 6.45) is 1.08. The smallest absolute Gasteiger partial charge is 0.237 e. The number of halogens is 1. The standard InChI is InChI=1S/C13H17BrN2O/c1-9-5-6-15-12(9)13(17)16-8-10-3-2-4-11(14)7-10/h2-4,7,9,12,15H,5-6,8H2,1H3,(H,16,17). The van der Waals surface area contributed by atoms with Crippen molar-refractivity contribution < 1.29 is 4.79 Å². The fourth-order valence-corrected chi connectivity index (χ4v) is 2.58. The maximum absolute atomic E-state index is 11.9. The Balaban J connectivity index is 1.88. The van der Waals surface area contributed by atoms with Crippen molar-refractivity contribution in [2.45, 2.75) is 25.9 Å². The molecule has 0 saturated carbocycles. The number of carbonyl (C=O) groups is 1. The molecule has 1 aliphatic heterocycles. The molecule has 1 saturated heterocycles. The Hall–Kier alpha value is -0.870. The van der Waals surface area contributed by atoms with Crippen molar-refractivity contribution in [1.82, 2.24) is 10.6 Å². The molecule has 0 aliphatic carbocycles. The first-order valence-corrected chi connectivity index (χ1v) is 6.71. The first-order valence-electron chi connectivity index (χ1n) is 5.92. The van der Waals surface area contributed by atoms with Crippen molar-refractivity contribution in [2.24, 2.45) is 5.92 Å². The van der Waals surface area contributed by atoms with Crippen LogP contribution < -0.4 is 10.6 Å². The molecule has 0 aromatic heterocycles. The topological polar surface area (TPSA) is 41.1 Å². The van der Waals surface area contributed by atoms with Gasteiger partial charge in [-0.05, 0) is 36.6 Å². The van der Waals surface area contributed by atoms with Crippen molar-refractivity contribution in [1.29, 1.82) is 0 Å². The summed E-state index contributed by atoms with van der Waals surface area (Å²) in [4.78, 5) is 11.9. The van der Waals surface area contributed by atoms with Crippen LogP contribution in [-0.4, -0.2) is 18.5 Å². The van der Waals surface area contributed by atoms with Crippen molar-refractivity contribution in [3.05, 3.63) is 34.3 Å². The largest absolute Gasteiger partial charge is 0.351 e. The van der Waals surface area contributed by atoms with E-state index in [9.17, 15) is 4.79 Å². The van der Waals surface area contributed by atoms with Gasteiger partial charge in [0, 0.05) is 11.0 Å². The van der Waals surface area contributed by atoms with Gasteiger partial charge in [0.25, 0.3) is 0 Å². The van der Waals surface area contributed by atoms with E-state index >= 15 is 0 Å². The van der Waals surface area contributed by atoms with Crippen LogP contribution in [0.5, 0.6) is 0 Å². The molecule has 2 N–H and O–H groups in total. The molecular formula is C13H17BrN2O. The highest BCUT2D eigenvalue weighted by atomic mass is 79.9. The van der Waals surface area contributed by atoms with Crippen molar-refractivity contribution in [3.63, 3.8) is 0 Å². The Morgan fingerprint density at radius 3 is 3.06 bits per heavy atom. The van der Waals surface area contributed by atoms with Gasteiger partial charge in [0.15, 0.2) is 0 Å². The van der Waals surface area contributed by atoms with E-state index in [1.165, 1.54) is 0 Å². The van der Waals surface area contributed by atoms with Gasteiger partial charge in [-0.25, -0.2) is 0 Å². The van der Waals surface area contributed by atoms with Crippen LogP contribution >= 0.6 is 15.9 Å². The van der Waals surface area contributed by atoms with Gasteiger partial charge in [0.2, 0.25) is 5.91 Å². The Morgan fingerprint density at radius 1 is 1.59 bits per heavy atom. The summed E-state index contributed by atoms with van der Waals surface area (Å²) in [5, 5.41) is 6.21. The molecule has 92 valence electrons. The molecular weight excluding hydrogens is 280 g/mol. The minimum Gasteiger partial charge on any atom is -0.351 e. The third kappa shape index (κ3) is 3.30. The van der Waals surface area contributed by atoms with Crippen molar-refractivity contribution in [2.75, 3.05) is 6.54 Å². The first-order chi connectivity index (χ1) is 8.16. The average Bonchev–Trinajstić information content (AvgIpc) is 2.72. The second kappa shape index (κ2) is 5.65. The van der Waals surface area contributed by atoms with E-state index in [1.807, 2.05) is 24.3 Å². The van der Waals surface area contributed by atoms with E-state index in [1.54, 1.807) is 0 Å². The fourth-order valence-electron chi connectivity index (χ4n) is 2.13. The molecule has 2 rings (SSSR count). The van der Waals surface area contributed by atoms with Crippen LogP contribution in [0.1, 0.15) is 18.9 Å². The predicted octanol–water partition coefficient (Wildman–Crippen LogP) is 2.06. The second-order valence-electron chi connectivity index (χ2n) is 4.55. The van der Waals surface area contributed by atoms with Gasteiger partial charge in [0.1, 0.15) is 0 Å². The maximum Gasteiger partial charge on any atom is 0.237 e. The second-order valence-corrected chi connectivity index (χ2v) is 5.46. The summed E-state index contributed by atoms with van der Waals surface area (Å²) < 4.78 is 1.04. The number of carbonyl (C=O) groups excluding carboxylic acids is 1. The van der Waals surface area contributed by atoms with E-state index in [-0.39, 0.29) is 11.9 Å². The van der Waals surface area contributed by atoms with Gasteiger partial charge in [-0.15, -0.1) is 0 Å². The summed E-state index contributed by atoms with van der Waals surface area (Å²) in [6.45, 7) is 3.64. The molecule has 2 atom stereocenters. The first kappa shape index (κ1) is 12.6. The van der Waals surface area contributed by atoms with Crippen LogP contribution in [0.4, 0.5) is 0 Å². The number of rotatable bonds is 3. The van der Waals surface area contributed by atoms with E-state index in [0.29, 0.717) is 12.5 Å². The summed E-state index contributed by atoms with van der Waals surface area (Å²) in [5.74, 6) is 0.535. The number of nitrogens with one attached hydrogen (secondary N) is 2. The van der Waals surface area contributed by atoms with Gasteiger partial charge in [-0.1, -0.05) is 35.0 Å². The average molecular weight is 297 g/mol. The van der Waals surface area contributed by atoms with E-state index in [2.05, 4.69) is 33.5 Å². The summed E-state index contributed by atoms with van der Waals surface area (Å²) in [5.41, 5.74) is 1.11. The lowest BCUT2D eigenvalue weighted by atomic mass is 10.0. The van der Waals surface area contributed by atoms with Crippen molar-refractivity contribution in [3.8, 4) is 0 Å². The van der Waals surface area contributed by atoms with Gasteiger partial charge in [-0.3, -0.25) is 4.79 Å². The molecule has 1 fully saturated rings. The third-order valence-electron chi connectivity index (χ3n) is 3.17. The molecule has 17 heavy (non-hydrogen) atoms. The molecule has 1 aliphatic rings. The monoisotopic (exact) mass is 296 g/mol. The highest BCUT2D eigenvalue weighted by molar-refractivity contribution is 9.10. The Bertz CT molecular complexity index is 408. The molecule has 1 heterocycles. The Kier molecular flexibility index (Phi) is 4.18. The lowest BCUT2D eigenvalue weighted by Crippen LogP contribution is -2.42. The minimum atomic E-state index is -0.0258. The Morgan fingerprint density at radius 2 is 2.41 bits per heavy atom. The summed E-state index contributed by atoms with van der Waals surface area (Å²) in [7, 11) is 0. The zero-order valence-corrected chi connectivity index (χ0v) is 11.5. The number of hydrogen-bond acceptors (Lipinski definition) is 2. The number of hydrogen-bond donors (Lipinski definition) is 2. The molecule has 1 aromatic carbocycles. The number of amides is 1. The third-order valence-corrected chi connectivity index (χ3v) is 3.66. The zero-order valence-electron chi connectivity index (χ0n) is 9.87. The SMILES string of the molecule is CC1CCNC1C(=O)NCc1cccc(Br)c1. The van der Waals surface area contributed by atoms with E-state index < -0.39 is 0 Å². The van der Waals surface area contributed by atoms with Gasteiger partial charge in [0.05, 0.1) is 6.04 Å². The molecule has 0 spiro atoms. The normalized spacial score (nSPS) is 23.6. The van der Waals surface area contributed by atoms with Crippen LogP contribution in [0.3, 0.4) is 0 Å². The van der Waals surface area contributed by atoms with Crippen LogP contribution in [0.15, 0.2) is 28.7 Å². The summed E-state index contributed by atoms with van der Waals surface area (Å²) in [6, 6.07) is 7.96. The Labute approximate surface area is 110 Å². The van der Waals surface area contributed by atoms with Crippen LogP contribution in [-0.2, 0) is 11.3 Å².